The second-order valence-electron chi connectivity index (χ2n) is 4.10. The SMILES string of the molecule is CC(CCS(C)=O)Nc1nc2ccccc2o1. The van der Waals surface area contributed by atoms with Crippen molar-refractivity contribution < 1.29 is 8.63 Å². The van der Waals surface area contributed by atoms with E-state index in [1.54, 1.807) is 6.26 Å². The van der Waals surface area contributed by atoms with Crippen molar-refractivity contribution in [2.45, 2.75) is 19.4 Å². The van der Waals surface area contributed by atoms with Gasteiger partial charge in [0.1, 0.15) is 5.52 Å². The predicted octanol–water partition coefficient (Wildman–Crippen LogP) is 2.40. The molecule has 2 rings (SSSR count). The first-order chi connectivity index (χ1) is 8.15. The third kappa shape index (κ3) is 3.30. The molecule has 0 radical (unpaired) electrons. The molecule has 0 spiro atoms. The summed E-state index contributed by atoms with van der Waals surface area (Å²) in [5.74, 6) is 0.689. The molecule has 0 bridgehead atoms. The van der Waals surface area contributed by atoms with Crippen LogP contribution in [0.15, 0.2) is 28.7 Å². The zero-order valence-electron chi connectivity index (χ0n) is 9.97. The molecule has 1 aromatic heterocycles. The smallest absolute Gasteiger partial charge is 0.295 e. The molecule has 0 fully saturated rings. The van der Waals surface area contributed by atoms with E-state index in [4.69, 9.17) is 4.42 Å². The van der Waals surface area contributed by atoms with Gasteiger partial charge in [-0.15, -0.1) is 0 Å². The van der Waals surface area contributed by atoms with Crippen LogP contribution < -0.4 is 5.32 Å². The largest absolute Gasteiger partial charge is 0.424 e. The minimum absolute atomic E-state index is 0.201. The van der Waals surface area contributed by atoms with Gasteiger partial charge in [0.05, 0.1) is 0 Å². The Morgan fingerprint density at radius 2 is 2.24 bits per heavy atom. The van der Waals surface area contributed by atoms with E-state index in [-0.39, 0.29) is 6.04 Å². The lowest BCUT2D eigenvalue weighted by atomic mass is 10.3. The van der Waals surface area contributed by atoms with E-state index in [2.05, 4.69) is 10.3 Å². The van der Waals surface area contributed by atoms with Crippen molar-refractivity contribution in [1.29, 1.82) is 0 Å². The number of oxazole rings is 1. The molecule has 0 saturated carbocycles. The number of anilines is 1. The molecule has 2 atom stereocenters. The zero-order chi connectivity index (χ0) is 12.3. The molecule has 0 aliphatic heterocycles. The lowest BCUT2D eigenvalue weighted by Crippen LogP contribution is -2.17. The van der Waals surface area contributed by atoms with Crippen LogP contribution in [-0.2, 0) is 10.8 Å². The van der Waals surface area contributed by atoms with Crippen molar-refractivity contribution in [3.63, 3.8) is 0 Å². The fourth-order valence-corrected chi connectivity index (χ4v) is 2.25. The quantitative estimate of drug-likeness (QED) is 0.887. The molecule has 1 aromatic carbocycles. The summed E-state index contributed by atoms with van der Waals surface area (Å²) in [6.07, 6.45) is 2.55. The fraction of sp³-hybridized carbons (Fsp3) is 0.417. The highest BCUT2D eigenvalue weighted by Crippen LogP contribution is 2.18. The van der Waals surface area contributed by atoms with Crippen molar-refractivity contribution >= 4 is 27.9 Å². The van der Waals surface area contributed by atoms with Gasteiger partial charge in [0.25, 0.3) is 6.01 Å². The highest BCUT2D eigenvalue weighted by molar-refractivity contribution is 7.84. The number of nitrogens with zero attached hydrogens (tertiary/aromatic N) is 1. The van der Waals surface area contributed by atoms with Gasteiger partial charge in [-0.05, 0) is 25.5 Å². The number of hydrogen-bond donors (Lipinski definition) is 1. The van der Waals surface area contributed by atoms with Gasteiger partial charge in [-0.3, -0.25) is 4.21 Å². The van der Waals surface area contributed by atoms with E-state index in [0.29, 0.717) is 11.8 Å². The van der Waals surface area contributed by atoms with Gasteiger partial charge in [0, 0.05) is 28.9 Å². The number of hydrogen-bond acceptors (Lipinski definition) is 4. The summed E-state index contributed by atoms with van der Waals surface area (Å²) in [5, 5.41) is 3.17. The Labute approximate surface area is 103 Å². The van der Waals surface area contributed by atoms with Crippen LogP contribution in [0.1, 0.15) is 13.3 Å². The van der Waals surface area contributed by atoms with Crippen LogP contribution in [0.3, 0.4) is 0 Å². The summed E-state index contributed by atoms with van der Waals surface area (Å²) in [5.41, 5.74) is 1.63. The molecule has 17 heavy (non-hydrogen) atoms. The lowest BCUT2D eigenvalue weighted by Gasteiger charge is -2.10. The Balaban J connectivity index is 2.00. The Bertz CT molecular complexity index is 491. The van der Waals surface area contributed by atoms with E-state index >= 15 is 0 Å². The van der Waals surface area contributed by atoms with Crippen LogP contribution >= 0.6 is 0 Å². The van der Waals surface area contributed by atoms with Gasteiger partial charge in [-0.2, -0.15) is 4.98 Å². The first-order valence-corrected chi connectivity index (χ1v) is 7.30. The maximum absolute atomic E-state index is 11.0. The van der Waals surface area contributed by atoms with E-state index in [1.807, 2.05) is 31.2 Å². The molecular weight excluding hydrogens is 236 g/mol. The maximum atomic E-state index is 11.0. The predicted molar refractivity (Wildman–Crippen MR) is 70.6 cm³/mol. The molecular formula is C12H16N2O2S. The van der Waals surface area contributed by atoms with E-state index < -0.39 is 10.8 Å². The summed E-state index contributed by atoms with van der Waals surface area (Å²) in [6.45, 7) is 2.03. The summed E-state index contributed by atoms with van der Waals surface area (Å²) in [6, 6.07) is 8.38. The third-order valence-corrected chi connectivity index (χ3v) is 3.31. The van der Waals surface area contributed by atoms with E-state index in [1.165, 1.54) is 0 Å². The number of aromatic nitrogens is 1. The van der Waals surface area contributed by atoms with Gasteiger partial charge in [0.15, 0.2) is 5.58 Å². The number of rotatable bonds is 5. The molecule has 1 N–H and O–H groups in total. The second-order valence-corrected chi connectivity index (χ2v) is 5.65. The summed E-state index contributed by atoms with van der Waals surface area (Å²) in [7, 11) is -0.750. The van der Waals surface area contributed by atoms with Crippen LogP contribution in [0, 0.1) is 0 Å². The average molecular weight is 252 g/mol. The van der Waals surface area contributed by atoms with E-state index in [0.717, 1.165) is 17.5 Å². The number of nitrogens with one attached hydrogen (secondary N) is 1. The van der Waals surface area contributed by atoms with Crippen LogP contribution in [0.5, 0.6) is 0 Å². The van der Waals surface area contributed by atoms with Crippen molar-refractivity contribution in [3.05, 3.63) is 24.3 Å². The molecule has 2 aromatic rings. The Morgan fingerprint density at radius 3 is 2.94 bits per heavy atom. The Hall–Kier alpha value is -1.36. The summed E-state index contributed by atoms with van der Waals surface area (Å²) in [4.78, 5) is 4.33. The Kier molecular flexibility index (Phi) is 3.78. The number of benzene rings is 1. The van der Waals surface area contributed by atoms with Crippen molar-refractivity contribution in [2.24, 2.45) is 0 Å². The molecule has 0 amide bonds. The second kappa shape index (κ2) is 5.31. The monoisotopic (exact) mass is 252 g/mol. The van der Waals surface area contributed by atoms with E-state index in [9.17, 15) is 4.21 Å². The van der Waals surface area contributed by atoms with Gasteiger partial charge in [-0.1, -0.05) is 12.1 Å². The van der Waals surface area contributed by atoms with Gasteiger partial charge in [0.2, 0.25) is 0 Å². The van der Waals surface area contributed by atoms with Crippen molar-refractivity contribution in [2.75, 3.05) is 17.3 Å². The highest BCUT2D eigenvalue weighted by atomic mass is 32.2. The Morgan fingerprint density at radius 1 is 1.47 bits per heavy atom. The fourth-order valence-electron chi connectivity index (χ4n) is 1.56. The molecule has 0 aliphatic carbocycles. The first kappa shape index (κ1) is 12.1. The highest BCUT2D eigenvalue weighted by Gasteiger charge is 2.08. The molecule has 0 aliphatic rings. The maximum Gasteiger partial charge on any atom is 0.295 e. The third-order valence-electron chi connectivity index (χ3n) is 2.50. The lowest BCUT2D eigenvalue weighted by molar-refractivity contribution is 0.595. The molecule has 1 heterocycles. The normalized spacial score (nSPS) is 14.7. The number of fused-ring (bicyclic) bond motifs is 1. The van der Waals surface area contributed by atoms with Gasteiger partial charge < -0.3 is 9.73 Å². The molecule has 5 heteroatoms. The zero-order valence-corrected chi connectivity index (χ0v) is 10.8. The number of para-hydroxylation sites is 2. The van der Waals surface area contributed by atoms with Crippen LogP contribution in [-0.4, -0.2) is 27.2 Å². The molecule has 92 valence electrons. The molecule has 4 nitrogen and oxygen atoms in total. The van der Waals surface area contributed by atoms with Crippen molar-refractivity contribution in [3.8, 4) is 0 Å². The van der Waals surface area contributed by atoms with Crippen LogP contribution in [0.25, 0.3) is 11.1 Å². The summed E-state index contributed by atoms with van der Waals surface area (Å²) < 4.78 is 16.5. The van der Waals surface area contributed by atoms with Gasteiger partial charge >= 0.3 is 0 Å². The standard InChI is InChI=1S/C12H16N2O2S/c1-9(7-8-17(2)15)13-12-14-10-5-3-4-6-11(10)16-12/h3-6,9H,7-8H2,1-2H3,(H,13,14). The van der Waals surface area contributed by atoms with Crippen LogP contribution in [0.4, 0.5) is 6.01 Å². The molecule has 2 unspecified atom stereocenters. The first-order valence-electron chi connectivity index (χ1n) is 5.57. The van der Waals surface area contributed by atoms with Crippen molar-refractivity contribution in [1.82, 2.24) is 4.98 Å². The van der Waals surface area contributed by atoms with Crippen LogP contribution in [0.2, 0.25) is 0 Å². The van der Waals surface area contributed by atoms with Gasteiger partial charge in [-0.25, -0.2) is 0 Å². The average Bonchev–Trinajstić information content (AvgIpc) is 2.68. The topological polar surface area (TPSA) is 55.1 Å². The minimum atomic E-state index is -0.750. The minimum Gasteiger partial charge on any atom is -0.424 e. The molecule has 0 saturated heterocycles. The summed E-state index contributed by atoms with van der Waals surface area (Å²) >= 11 is 0.